The first-order valence-corrected chi connectivity index (χ1v) is 11.7. The first-order chi connectivity index (χ1) is 14.0. The number of nitrogens with one attached hydrogen (secondary N) is 1. The smallest absolute Gasteiger partial charge is 0.262 e. The molecule has 0 aliphatic heterocycles. The van der Waals surface area contributed by atoms with Gasteiger partial charge in [-0.25, -0.2) is 4.98 Å². The fourth-order valence-electron chi connectivity index (χ4n) is 3.69. The van der Waals surface area contributed by atoms with Gasteiger partial charge in [0.05, 0.1) is 11.7 Å². The fourth-order valence-corrected chi connectivity index (χ4v) is 5.92. The Hall–Kier alpha value is -2.12. The van der Waals surface area contributed by atoms with Gasteiger partial charge in [0.2, 0.25) is 5.91 Å². The van der Waals surface area contributed by atoms with Crippen LogP contribution < -0.4 is 10.9 Å². The van der Waals surface area contributed by atoms with Crippen molar-refractivity contribution in [1.82, 2.24) is 9.55 Å². The summed E-state index contributed by atoms with van der Waals surface area (Å²) < 4.78 is 1.53. The lowest BCUT2D eigenvalue weighted by Crippen LogP contribution is -2.23. The number of carbonyl (C=O) groups is 1. The number of carbonyl (C=O) groups excluding carboxylic acids is 1. The summed E-state index contributed by atoms with van der Waals surface area (Å²) >= 11 is 3.47. The predicted molar refractivity (Wildman–Crippen MR) is 121 cm³/mol. The quantitative estimate of drug-likeness (QED) is 0.592. The summed E-state index contributed by atoms with van der Waals surface area (Å²) in [5.41, 5.74) is 1.70. The van der Waals surface area contributed by atoms with Crippen molar-refractivity contribution in [3.8, 4) is 0 Å². The molecule has 3 aromatic rings. The molecule has 1 N–H and O–H groups in total. The molecule has 0 atom stereocenters. The molecule has 1 saturated carbocycles. The van der Waals surface area contributed by atoms with Gasteiger partial charge >= 0.3 is 0 Å². The predicted octanol–water partition coefficient (Wildman–Crippen LogP) is 5.14. The van der Waals surface area contributed by atoms with Crippen LogP contribution in [0.15, 0.2) is 40.3 Å². The molecule has 2 aromatic heterocycles. The van der Waals surface area contributed by atoms with Crippen LogP contribution in [0.5, 0.6) is 0 Å². The minimum atomic E-state index is -0.105. The molecule has 7 heteroatoms. The monoisotopic (exact) mass is 427 g/mol. The van der Waals surface area contributed by atoms with Gasteiger partial charge in [-0.15, -0.1) is 23.1 Å². The first kappa shape index (κ1) is 20.2. The van der Waals surface area contributed by atoms with Gasteiger partial charge in [-0.1, -0.05) is 12.8 Å². The highest BCUT2D eigenvalue weighted by Gasteiger charge is 2.16. The van der Waals surface area contributed by atoms with E-state index in [0.29, 0.717) is 11.9 Å². The molecule has 0 bridgehead atoms. The van der Waals surface area contributed by atoms with E-state index in [4.69, 9.17) is 0 Å². The largest absolute Gasteiger partial charge is 0.326 e. The van der Waals surface area contributed by atoms with Gasteiger partial charge in [0.1, 0.15) is 4.83 Å². The van der Waals surface area contributed by atoms with Crippen molar-refractivity contribution in [2.45, 2.75) is 62.6 Å². The molecule has 2 heterocycles. The number of aryl methyl sites for hydroxylation is 3. The zero-order valence-corrected chi connectivity index (χ0v) is 18.4. The Labute approximate surface area is 178 Å². The lowest BCUT2D eigenvalue weighted by Gasteiger charge is -2.10. The molecular weight excluding hydrogens is 402 g/mol. The zero-order chi connectivity index (χ0) is 20.4. The zero-order valence-electron chi connectivity index (χ0n) is 16.7. The highest BCUT2D eigenvalue weighted by atomic mass is 32.2. The Morgan fingerprint density at radius 1 is 1.24 bits per heavy atom. The topological polar surface area (TPSA) is 64.0 Å². The van der Waals surface area contributed by atoms with Crippen LogP contribution in [-0.4, -0.2) is 20.7 Å². The summed E-state index contributed by atoms with van der Waals surface area (Å²) in [6.45, 7) is 4.26. The Morgan fingerprint density at radius 2 is 1.97 bits per heavy atom. The molecule has 1 aliphatic carbocycles. The summed E-state index contributed by atoms with van der Waals surface area (Å²) in [6, 6.07) is 8.05. The highest BCUT2D eigenvalue weighted by molar-refractivity contribution is 8.00. The van der Waals surface area contributed by atoms with Crippen LogP contribution in [0.1, 0.15) is 42.5 Å². The van der Waals surface area contributed by atoms with E-state index in [1.165, 1.54) is 46.5 Å². The van der Waals surface area contributed by atoms with Crippen LogP contribution in [0.2, 0.25) is 0 Å². The minimum Gasteiger partial charge on any atom is -0.326 e. The molecule has 5 nitrogen and oxygen atoms in total. The van der Waals surface area contributed by atoms with Gasteiger partial charge in [-0.2, -0.15) is 0 Å². The van der Waals surface area contributed by atoms with Crippen molar-refractivity contribution >= 4 is 44.9 Å². The van der Waals surface area contributed by atoms with Crippen LogP contribution in [0, 0.1) is 13.8 Å². The standard InChI is InChI=1S/C22H25N3O2S2/c1-14-15(2)28-21-20(14)22(27)25(13-23-21)12-11-19(26)24-16-7-9-18(10-8-16)29-17-5-3-4-6-17/h7-10,13,17H,3-6,11-12H2,1-2H3,(H,24,26). The Kier molecular flexibility index (Phi) is 6.06. The lowest BCUT2D eigenvalue weighted by atomic mass is 10.2. The van der Waals surface area contributed by atoms with Crippen molar-refractivity contribution < 1.29 is 4.79 Å². The SMILES string of the molecule is Cc1sc2ncn(CCC(=O)Nc3ccc(SC4CCCC4)cc3)c(=O)c2c1C. The van der Waals surface area contributed by atoms with Gasteiger partial charge < -0.3 is 5.32 Å². The molecule has 0 saturated heterocycles. The number of benzene rings is 1. The van der Waals surface area contributed by atoms with E-state index in [1.807, 2.05) is 37.7 Å². The average Bonchev–Trinajstić information content (AvgIpc) is 3.31. The maximum Gasteiger partial charge on any atom is 0.262 e. The van der Waals surface area contributed by atoms with Crippen molar-refractivity contribution in [1.29, 1.82) is 0 Å². The first-order valence-electron chi connectivity index (χ1n) is 10.0. The van der Waals surface area contributed by atoms with Gasteiger partial charge in [0.15, 0.2) is 0 Å². The van der Waals surface area contributed by atoms with Gasteiger partial charge in [0.25, 0.3) is 5.56 Å². The molecule has 29 heavy (non-hydrogen) atoms. The number of amides is 1. The van der Waals surface area contributed by atoms with E-state index in [9.17, 15) is 9.59 Å². The van der Waals surface area contributed by atoms with E-state index < -0.39 is 0 Å². The molecule has 1 fully saturated rings. The Balaban J connectivity index is 1.35. The third kappa shape index (κ3) is 4.56. The number of anilines is 1. The molecule has 4 rings (SSSR count). The van der Waals surface area contributed by atoms with Crippen molar-refractivity contribution in [2.24, 2.45) is 0 Å². The van der Waals surface area contributed by atoms with Gasteiger partial charge in [-0.05, 0) is 56.5 Å². The second kappa shape index (κ2) is 8.71. The fraction of sp³-hybridized carbons (Fsp3) is 0.409. The van der Waals surface area contributed by atoms with Crippen molar-refractivity contribution in [3.05, 3.63) is 51.4 Å². The maximum absolute atomic E-state index is 12.7. The summed E-state index contributed by atoms with van der Waals surface area (Å²) in [6.07, 6.45) is 7.05. The molecule has 1 aromatic carbocycles. The summed E-state index contributed by atoms with van der Waals surface area (Å²) in [5, 5.41) is 4.33. The number of hydrogen-bond donors (Lipinski definition) is 1. The number of hydrogen-bond acceptors (Lipinski definition) is 5. The van der Waals surface area contributed by atoms with Crippen LogP contribution >= 0.6 is 23.1 Å². The average molecular weight is 428 g/mol. The summed E-state index contributed by atoms with van der Waals surface area (Å²) in [5.74, 6) is -0.105. The van der Waals surface area contributed by atoms with Crippen LogP contribution in [0.4, 0.5) is 5.69 Å². The number of nitrogens with zero attached hydrogens (tertiary/aromatic N) is 2. The third-order valence-electron chi connectivity index (χ3n) is 5.48. The highest BCUT2D eigenvalue weighted by Crippen LogP contribution is 2.35. The van der Waals surface area contributed by atoms with Gasteiger partial charge in [-0.3, -0.25) is 14.2 Å². The number of rotatable bonds is 6. The summed E-state index contributed by atoms with van der Waals surface area (Å²) in [7, 11) is 0. The number of fused-ring (bicyclic) bond motifs is 1. The van der Waals surface area contributed by atoms with E-state index in [2.05, 4.69) is 22.4 Å². The lowest BCUT2D eigenvalue weighted by molar-refractivity contribution is -0.116. The second-order valence-electron chi connectivity index (χ2n) is 7.55. The molecule has 152 valence electrons. The van der Waals surface area contributed by atoms with Crippen LogP contribution in [0.25, 0.3) is 10.2 Å². The van der Waals surface area contributed by atoms with Crippen molar-refractivity contribution in [2.75, 3.05) is 5.32 Å². The molecule has 0 unspecified atom stereocenters. The number of thioether (sulfide) groups is 1. The molecule has 0 radical (unpaired) electrons. The normalized spacial score (nSPS) is 14.6. The number of aromatic nitrogens is 2. The Morgan fingerprint density at radius 3 is 2.69 bits per heavy atom. The maximum atomic E-state index is 12.7. The van der Waals surface area contributed by atoms with E-state index in [0.717, 1.165) is 26.2 Å². The molecule has 1 amide bonds. The second-order valence-corrected chi connectivity index (χ2v) is 10.1. The molecular formula is C22H25N3O2S2. The minimum absolute atomic E-state index is 0.0714. The van der Waals surface area contributed by atoms with Gasteiger partial charge in [0, 0.05) is 33.7 Å². The van der Waals surface area contributed by atoms with E-state index >= 15 is 0 Å². The van der Waals surface area contributed by atoms with Crippen molar-refractivity contribution in [3.63, 3.8) is 0 Å². The van der Waals surface area contributed by atoms with Crippen LogP contribution in [-0.2, 0) is 11.3 Å². The third-order valence-corrected chi connectivity index (χ3v) is 7.94. The molecule has 0 spiro atoms. The van der Waals surface area contributed by atoms with Crippen LogP contribution in [0.3, 0.4) is 0 Å². The molecule has 1 aliphatic rings. The van der Waals surface area contributed by atoms with E-state index in [1.54, 1.807) is 6.33 Å². The number of thiophene rings is 1. The Bertz CT molecular complexity index is 1080. The van der Waals surface area contributed by atoms with E-state index in [-0.39, 0.29) is 17.9 Å². The summed E-state index contributed by atoms with van der Waals surface area (Å²) in [4.78, 5) is 32.6.